The fraction of sp³-hybridized carbons (Fsp3) is 0.222. The molecule has 3 aromatic rings. The van der Waals surface area contributed by atoms with Crippen LogP contribution in [0.25, 0.3) is 11.1 Å². The summed E-state index contributed by atoms with van der Waals surface area (Å²) >= 11 is 0. The fourth-order valence-corrected chi connectivity index (χ4v) is 4.78. The van der Waals surface area contributed by atoms with Crippen molar-refractivity contribution in [2.75, 3.05) is 5.32 Å². The maximum atomic E-state index is 13.0. The molecule has 1 heterocycles. The Kier molecular flexibility index (Phi) is 5.42. The zero-order chi connectivity index (χ0) is 22.9. The minimum atomic E-state index is -0.890. The van der Waals surface area contributed by atoms with Gasteiger partial charge in [-0.25, -0.2) is 0 Å². The van der Waals surface area contributed by atoms with Crippen molar-refractivity contribution in [3.63, 3.8) is 0 Å². The number of carbonyl (C=O) groups is 3. The molecule has 0 spiro atoms. The second-order valence-corrected chi connectivity index (χ2v) is 8.59. The SMILES string of the molecule is O=C1CCc2cc(-c3cccc(OC(=O)[C@@H]4C[C@H](C(=O)O)[C@@H]4c4ccccc4)c3)ccc2N1. The summed E-state index contributed by atoms with van der Waals surface area (Å²) in [6, 6.07) is 22.5. The van der Waals surface area contributed by atoms with Gasteiger partial charge >= 0.3 is 11.9 Å². The molecule has 1 aliphatic carbocycles. The first-order valence-electron chi connectivity index (χ1n) is 11.0. The largest absolute Gasteiger partial charge is 0.481 e. The van der Waals surface area contributed by atoms with Crippen molar-refractivity contribution < 1.29 is 24.2 Å². The molecular formula is C27H23NO5. The molecule has 0 bridgehead atoms. The first-order valence-corrected chi connectivity index (χ1v) is 11.0. The van der Waals surface area contributed by atoms with Gasteiger partial charge in [0.2, 0.25) is 5.91 Å². The van der Waals surface area contributed by atoms with Gasteiger partial charge in [-0.05, 0) is 59.4 Å². The highest BCUT2D eigenvalue weighted by molar-refractivity contribution is 5.94. The third-order valence-electron chi connectivity index (χ3n) is 6.57. The first-order chi connectivity index (χ1) is 16.0. The number of nitrogens with one attached hydrogen (secondary N) is 1. The number of benzene rings is 3. The molecular weight excluding hydrogens is 418 g/mol. The molecule has 33 heavy (non-hydrogen) atoms. The summed E-state index contributed by atoms with van der Waals surface area (Å²) in [7, 11) is 0. The minimum absolute atomic E-state index is 0.0269. The lowest BCUT2D eigenvalue weighted by atomic mass is 9.62. The third-order valence-corrected chi connectivity index (χ3v) is 6.57. The Morgan fingerprint density at radius 3 is 2.45 bits per heavy atom. The van der Waals surface area contributed by atoms with Gasteiger partial charge in [0.25, 0.3) is 0 Å². The summed E-state index contributed by atoms with van der Waals surface area (Å²) in [5, 5.41) is 12.4. The van der Waals surface area contributed by atoms with Gasteiger partial charge in [0, 0.05) is 18.0 Å². The van der Waals surface area contributed by atoms with Crippen LogP contribution in [0, 0.1) is 11.8 Å². The monoisotopic (exact) mass is 441 g/mol. The Labute approximate surface area is 191 Å². The fourth-order valence-electron chi connectivity index (χ4n) is 4.78. The van der Waals surface area contributed by atoms with E-state index in [1.54, 1.807) is 6.07 Å². The number of aryl methyl sites for hydroxylation is 1. The lowest BCUT2D eigenvalue weighted by Gasteiger charge is -2.40. The van der Waals surface area contributed by atoms with Gasteiger partial charge in [-0.3, -0.25) is 14.4 Å². The van der Waals surface area contributed by atoms with E-state index < -0.39 is 29.7 Å². The van der Waals surface area contributed by atoms with Gasteiger partial charge in [0.05, 0.1) is 11.8 Å². The van der Waals surface area contributed by atoms with Crippen molar-refractivity contribution >= 4 is 23.5 Å². The van der Waals surface area contributed by atoms with Crippen LogP contribution in [-0.4, -0.2) is 23.0 Å². The standard InChI is InChI=1S/C27H23NO5/c29-24-12-10-19-13-18(9-11-23(19)28-24)17-7-4-8-20(14-17)33-27(32)22-15-21(26(30)31)25(22)16-5-2-1-3-6-16/h1-9,11,13-14,21-22,25H,10,12,15H2,(H,28,29)(H,30,31)/t21-,22+,25-/m0/s1. The molecule has 2 aliphatic rings. The second-order valence-electron chi connectivity index (χ2n) is 8.59. The number of hydrogen-bond donors (Lipinski definition) is 2. The number of amides is 1. The van der Waals surface area contributed by atoms with Crippen molar-refractivity contribution in [3.8, 4) is 16.9 Å². The number of esters is 1. The maximum absolute atomic E-state index is 13.0. The number of fused-ring (bicyclic) bond motifs is 1. The maximum Gasteiger partial charge on any atom is 0.315 e. The molecule has 3 aromatic carbocycles. The van der Waals surface area contributed by atoms with E-state index in [1.807, 2.05) is 66.7 Å². The molecule has 2 N–H and O–H groups in total. The van der Waals surface area contributed by atoms with E-state index in [-0.39, 0.29) is 12.3 Å². The Hall–Kier alpha value is -3.93. The summed E-state index contributed by atoms with van der Waals surface area (Å²) in [5.74, 6) is -2.33. The molecule has 5 rings (SSSR count). The lowest BCUT2D eigenvalue weighted by Crippen LogP contribution is -2.45. The second kappa shape index (κ2) is 8.54. The minimum Gasteiger partial charge on any atom is -0.481 e. The third kappa shape index (κ3) is 4.12. The average molecular weight is 441 g/mol. The Morgan fingerprint density at radius 2 is 1.67 bits per heavy atom. The molecule has 166 valence electrons. The molecule has 1 aliphatic heterocycles. The van der Waals surface area contributed by atoms with Crippen molar-refractivity contribution in [2.45, 2.75) is 25.2 Å². The van der Waals surface area contributed by atoms with Crippen LogP contribution in [0.4, 0.5) is 5.69 Å². The van der Waals surface area contributed by atoms with E-state index in [1.165, 1.54) is 0 Å². The van der Waals surface area contributed by atoms with E-state index in [4.69, 9.17) is 4.74 Å². The van der Waals surface area contributed by atoms with Gasteiger partial charge < -0.3 is 15.2 Å². The zero-order valence-electron chi connectivity index (χ0n) is 17.9. The van der Waals surface area contributed by atoms with Crippen LogP contribution >= 0.6 is 0 Å². The highest BCUT2D eigenvalue weighted by Gasteiger charge is 2.50. The van der Waals surface area contributed by atoms with Crippen LogP contribution in [0.2, 0.25) is 0 Å². The molecule has 3 atom stereocenters. The quantitative estimate of drug-likeness (QED) is 0.444. The Balaban J connectivity index is 1.34. The van der Waals surface area contributed by atoms with Crippen LogP contribution in [0.5, 0.6) is 5.75 Å². The number of carboxylic acid groups (broad SMARTS) is 1. The number of anilines is 1. The molecule has 6 heteroatoms. The topological polar surface area (TPSA) is 92.7 Å². The molecule has 6 nitrogen and oxygen atoms in total. The average Bonchev–Trinajstić information content (AvgIpc) is 2.78. The number of aliphatic carboxylic acids is 1. The van der Waals surface area contributed by atoms with Crippen LogP contribution in [-0.2, 0) is 20.8 Å². The molecule has 1 amide bonds. The van der Waals surface area contributed by atoms with Crippen molar-refractivity contribution in [3.05, 3.63) is 83.9 Å². The highest BCUT2D eigenvalue weighted by atomic mass is 16.5. The van der Waals surface area contributed by atoms with Gasteiger partial charge in [-0.15, -0.1) is 0 Å². The van der Waals surface area contributed by atoms with E-state index in [0.29, 0.717) is 18.6 Å². The molecule has 0 radical (unpaired) electrons. The lowest BCUT2D eigenvalue weighted by molar-refractivity contribution is -0.155. The zero-order valence-corrected chi connectivity index (χ0v) is 17.9. The smallest absolute Gasteiger partial charge is 0.315 e. The Morgan fingerprint density at radius 1 is 0.879 bits per heavy atom. The molecule has 1 fully saturated rings. The van der Waals surface area contributed by atoms with E-state index in [9.17, 15) is 19.5 Å². The van der Waals surface area contributed by atoms with Gasteiger partial charge in [-0.1, -0.05) is 48.5 Å². The van der Waals surface area contributed by atoms with Crippen LogP contribution in [0.1, 0.15) is 29.9 Å². The van der Waals surface area contributed by atoms with E-state index in [0.717, 1.165) is 27.9 Å². The van der Waals surface area contributed by atoms with Crippen LogP contribution < -0.4 is 10.1 Å². The summed E-state index contributed by atoms with van der Waals surface area (Å²) in [5.41, 5.74) is 4.63. The van der Waals surface area contributed by atoms with Crippen molar-refractivity contribution in [2.24, 2.45) is 11.8 Å². The van der Waals surface area contributed by atoms with Crippen molar-refractivity contribution in [1.29, 1.82) is 0 Å². The summed E-state index contributed by atoms with van der Waals surface area (Å²) in [4.78, 5) is 36.2. The van der Waals surface area contributed by atoms with Gasteiger partial charge in [-0.2, -0.15) is 0 Å². The highest BCUT2D eigenvalue weighted by Crippen LogP contribution is 2.48. The summed E-state index contributed by atoms with van der Waals surface area (Å²) in [6.07, 6.45) is 1.43. The number of ether oxygens (including phenoxy) is 1. The van der Waals surface area contributed by atoms with Gasteiger partial charge in [0.1, 0.15) is 5.75 Å². The molecule has 0 aromatic heterocycles. The molecule has 0 saturated heterocycles. The Bertz CT molecular complexity index is 1240. The molecule has 0 unspecified atom stereocenters. The van der Waals surface area contributed by atoms with E-state index >= 15 is 0 Å². The van der Waals surface area contributed by atoms with Crippen LogP contribution in [0.15, 0.2) is 72.8 Å². The van der Waals surface area contributed by atoms with E-state index in [2.05, 4.69) is 5.32 Å². The molecule has 1 saturated carbocycles. The van der Waals surface area contributed by atoms with Crippen LogP contribution in [0.3, 0.4) is 0 Å². The number of carboxylic acids is 1. The normalized spacial score (nSPS) is 21.3. The van der Waals surface area contributed by atoms with Gasteiger partial charge in [0.15, 0.2) is 0 Å². The number of carbonyl (C=O) groups excluding carboxylic acids is 2. The predicted molar refractivity (Wildman–Crippen MR) is 123 cm³/mol. The number of rotatable bonds is 5. The summed E-state index contributed by atoms with van der Waals surface area (Å²) < 4.78 is 5.70. The predicted octanol–water partition coefficient (Wildman–Crippen LogP) is 4.65. The summed E-state index contributed by atoms with van der Waals surface area (Å²) in [6.45, 7) is 0. The first kappa shape index (κ1) is 20.9. The van der Waals surface area contributed by atoms with Crippen molar-refractivity contribution in [1.82, 2.24) is 0 Å². The number of hydrogen-bond acceptors (Lipinski definition) is 4.